The lowest BCUT2D eigenvalue weighted by atomic mass is 10.1. The molecule has 3 unspecified atom stereocenters. The number of amides is 1. The van der Waals surface area contributed by atoms with E-state index in [1.165, 1.54) is 12.3 Å². The number of ketones is 1. The summed E-state index contributed by atoms with van der Waals surface area (Å²) in [6, 6.07) is 3.33. The highest BCUT2D eigenvalue weighted by Gasteiger charge is 2.30. The summed E-state index contributed by atoms with van der Waals surface area (Å²) >= 11 is 6.02. The van der Waals surface area contributed by atoms with Gasteiger partial charge in [0.1, 0.15) is 18.7 Å². The molecule has 3 atom stereocenters. The Morgan fingerprint density at radius 1 is 1.02 bits per heavy atom. The van der Waals surface area contributed by atoms with Gasteiger partial charge in [0.2, 0.25) is 17.5 Å². The van der Waals surface area contributed by atoms with Crippen LogP contribution in [-0.4, -0.2) is 52.7 Å². The topological polar surface area (TPSA) is 124 Å². The average Bonchev–Trinajstić information content (AvgIpc) is 2.97. The molecule has 1 amide bonds. The van der Waals surface area contributed by atoms with Gasteiger partial charge in [-0.05, 0) is 36.4 Å². The predicted molar refractivity (Wildman–Crippen MR) is 148 cm³/mol. The van der Waals surface area contributed by atoms with Crippen molar-refractivity contribution in [3.63, 3.8) is 0 Å². The third-order valence-corrected chi connectivity index (χ3v) is 6.85. The van der Waals surface area contributed by atoms with Gasteiger partial charge in [-0.15, -0.1) is 0 Å². The van der Waals surface area contributed by atoms with Crippen LogP contribution in [0.4, 0.5) is 17.6 Å². The highest BCUT2D eigenvalue weighted by molar-refractivity contribution is 6.31. The third-order valence-electron chi connectivity index (χ3n) is 6.61. The molecular formula is C29H29ClF4N2O7. The smallest absolute Gasteiger partial charge is 0.308 e. The molecular weight excluding hydrogens is 600 g/mol. The highest BCUT2D eigenvalue weighted by atomic mass is 35.5. The Balaban J connectivity index is 1.85. The zero-order valence-corrected chi connectivity index (χ0v) is 23.9. The van der Waals surface area contributed by atoms with Gasteiger partial charge < -0.3 is 24.5 Å². The molecule has 3 aromatic rings. The lowest BCUT2D eigenvalue weighted by Gasteiger charge is -2.23. The van der Waals surface area contributed by atoms with Crippen LogP contribution >= 0.6 is 11.6 Å². The van der Waals surface area contributed by atoms with Gasteiger partial charge in [0.25, 0.3) is 5.56 Å². The summed E-state index contributed by atoms with van der Waals surface area (Å²) in [6.07, 6.45) is 0.440. The number of nitrogens with zero attached hydrogens (tertiary/aromatic N) is 1. The largest absolute Gasteiger partial charge is 0.479 e. The Hall–Kier alpha value is -3.97. The number of aliphatic hydroxyl groups is 1. The lowest BCUT2D eigenvalue weighted by Crippen LogP contribution is -2.48. The maximum absolute atomic E-state index is 14.0. The van der Waals surface area contributed by atoms with Crippen LogP contribution in [0.15, 0.2) is 41.3 Å². The monoisotopic (exact) mass is 628 g/mol. The van der Waals surface area contributed by atoms with Crippen LogP contribution in [0.25, 0.3) is 10.8 Å². The van der Waals surface area contributed by atoms with Gasteiger partial charge in [-0.3, -0.25) is 19.2 Å². The van der Waals surface area contributed by atoms with Gasteiger partial charge in [0.15, 0.2) is 23.2 Å². The van der Waals surface area contributed by atoms with Crippen molar-refractivity contribution in [2.24, 2.45) is 0 Å². The number of pyridine rings is 1. The van der Waals surface area contributed by atoms with Crippen molar-refractivity contribution >= 4 is 40.0 Å². The molecule has 3 rings (SSSR count). The summed E-state index contributed by atoms with van der Waals surface area (Å²) in [5.74, 6) is -11.7. The highest BCUT2D eigenvalue weighted by Crippen LogP contribution is 2.26. The fourth-order valence-electron chi connectivity index (χ4n) is 4.15. The molecule has 0 aliphatic carbocycles. The number of esters is 1. The van der Waals surface area contributed by atoms with Crippen molar-refractivity contribution in [1.29, 1.82) is 0 Å². The van der Waals surface area contributed by atoms with Crippen LogP contribution in [0.5, 0.6) is 5.75 Å². The van der Waals surface area contributed by atoms with Crippen molar-refractivity contribution in [2.45, 2.75) is 57.7 Å². The lowest BCUT2D eigenvalue weighted by molar-refractivity contribution is -0.147. The van der Waals surface area contributed by atoms with Gasteiger partial charge in [0, 0.05) is 29.1 Å². The number of hydrogen-bond donors (Lipinski definition) is 2. The van der Waals surface area contributed by atoms with E-state index in [0.717, 1.165) is 4.57 Å². The van der Waals surface area contributed by atoms with E-state index in [4.69, 9.17) is 21.1 Å². The van der Waals surface area contributed by atoms with Gasteiger partial charge in [-0.2, -0.15) is 8.78 Å². The summed E-state index contributed by atoms with van der Waals surface area (Å²) < 4.78 is 66.1. The molecule has 2 N–H and O–H groups in total. The van der Waals surface area contributed by atoms with E-state index >= 15 is 0 Å². The molecule has 0 aliphatic rings. The molecule has 1 aromatic heterocycles. The number of carbonyl (C=O) groups is 3. The number of aromatic nitrogens is 1. The maximum Gasteiger partial charge on any atom is 0.308 e. The molecule has 0 spiro atoms. The molecule has 14 heteroatoms. The van der Waals surface area contributed by atoms with Crippen LogP contribution < -0.4 is 15.6 Å². The number of halogens is 5. The fourth-order valence-corrected chi connectivity index (χ4v) is 4.33. The van der Waals surface area contributed by atoms with Crippen LogP contribution in [0, 0.1) is 23.3 Å². The minimum atomic E-state index is -1.89. The summed E-state index contributed by atoms with van der Waals surface area (Å²) in [4.78, 5) is 52.0. The Morgan fingerprint density at radius 2 is 1.70 bits per heavy atom. The van der Waals surface area contributed by atoms with E-state index in [1.54, 1.807) is 32.0 Å². The summed E-state index contributed by atoms with van der Waals surface area (Å²) in [5.41, 5.74) is -0.554. The molecule has 9 nitrogen and oxygen atoms in total. The van der Waals surface area contributed by atoms with E-state index in [9.17, 15) is 41.8 Å². The number of hydrogen-bond acceptors (Lipinski definition) is 7. The second kappa shape index (κ2) is 15.0. The molecule has 232 valence electrons. The maximum atomic E-state index is 14.0. The van der Waals surface area contributed by atoms with Crippen molar-refractivity contribution in [3.8, 4) is 5.75 Å². The Labute approximate surface area is 248 Å². The minimum absolute atomic E-state index is 0.0403. The normalized spacial score (nSPS) is 13.3. The number of fused-ring (bicyclic) bond motifs is 1. The first-order chi connectivity index (χ1) is 20.4. The number of rotatable bonds is 14. The SMILES string of the molecule is CCC(O)CCOC(=O)CC(NC(=O)C(CC)n1ccc2ccc(Cl)cc2c1=O)C(=O)COc1c(F)c(F)cc(F)c1F. The summed E-state index contributed by atoms with van der Waals surface area (Å²) in [6.45, 7) is 1.90. The van der Waals surface area contributed by atoms with E-state index in [0.29, 0.717) is 16.8 Å². The first-order valence-electron chi connectivity index (χ1n) is 13.3. The number of benzene rings is 2. The van der Waals surface area contributed by atoms with Crippen LogP contribution in [0.1, 0.15) is 45.6 Å². The van der Waals surface area contributed by atoms with E-state index in [2.05, 4.69) is 5.32 Å². The number of nitrogens with one attached hydrogen (secondary N) is 1. The van der Waals surface area contributed by atoms with Crippen molar-refractivity contribution < 1.29 is 46.5 Å². The second-order valence-electron chi connectivity index (χ2n) is 9.57. The predicted octanol–water partition coefficient (Wildman–Crippen LogP) is 4.39. The molecule has 0 aliphatic heterocycles. The van der Waals surface area contributed by atoms with Crippen LogP contribution in [0.2, 0.25) is 5.02 Å². The van der Waals surface area contributed by atoms with Crippen molar-refractivity contribution in [1.82, 2.24) is 9.88 Å². The van der Waals surface area contributed by atoms with Gasteiger partial charge in [-0.25, -0.2) is 8.78 Å². The Morgan fingerprint density at radius 3 is 2.33 bits per heavy atom. The van der Waals surface area contributed by atoms with Crippen molar-refractivity contribution in [2.75, 3.05) is 13.2 Å². The second-order valence-corrected chi connectivity index (χ2v) is 10.0. The van der Waals surface area contributed by atoms with Crippen LogP contribution in [-0.2, 0) is 19.1 Å². The molecule has 43 heavy (non-hydrogen) atoms. The van der Waals surface area contributed by atoms with Gasteiger partial charge >= 0.3 is 5.97 Å². The number of Topliss-reactive ketones (excluding diaryl/α,β-unsaturated/α-hetero) is 1. The van der Waals surface area contributed by atoms with Crippen molar-refractivity contribution in [3.05, 3.63) is 75.2 Å². The molecule has 0 saturated heterocycles. The molecule has 0 fully saturated rings. The number of carbonyl (C=O) groups excluding carboxylic acids is 3. The fraction of sp³-hybridized carbons (Fsp3) is 0.379. The first-order valence-corrected chi connectivity index (χ1v) is 13.7. The van der Waals surface area contributed by atoms with Crippen LogP contribution in [0.3, 0.4) is 0 Å². The quantitative estimate of drug-likeness (QED) is 0.154. The zero-order chi connectivity index (χ0) is 31.8. The summed E-state index contributed by atoms with van der Waals surface area (Å²) in [7, 11) is 0. The van der Waals surface area contributed by atoms with Gasteiger partial charge in [-0.1, -0.05) is 31.5 Å². The average molecular weight is 629 g/mol. The molecule has 1 heterocycles. The molecule has 2 aromatic carbocycles. The van der Waals surface area contributed by atoms with E-state index in [1.807, 2.05) is 0 Å². The standard InChI is InChI=1S/C29H29ClF4N2O7/c1-3-17(37)8-10-42-24(39)13-21(23(38)14-43-27-25(33)19(31)12-20(32)26(27)34)35-28(40)22(4-2)36-9-7-15-5-6-16(30)11-18(15)29(36)41/h5-7,9,11-12,17,21-22,37H,3-4,8,10,13-14H2,1-2H3,(H,35,40). The van der Waals surface area contributed by atoms with E-state index < -0.39 is 83.5 Å². The Bertz CT molecular complexity index is 1540. The molecule has 0 bridgehead atoms. The number of aliphatic hydroxyl groups excluding tert-OH is 1. The third kappa shape index (κ3) is 8.32. The summed E-state index contributed by atoms with van der Waals surface area (Å²) in [5, 5.41) is 13.1. The molecule has 0 saturated carbocycles. The minimum Gasteiger partial charge on any atom is -0.479 e. The zero-order valence-electron chi connectivity index (χ0n) is 23.2. The van der Waals surface area contributed by atoms with E-state index in [-0.39, 0.29) is 30.9 Å². The Kier molecular flexibility index (Phi) is 11.7. The first kappa shape index (κ1) is 33.5. The molecule has 0 radical (unpaired) electrons. The van der Waals surface area contributed by atoms with Gasteiger partial charge in [0.05, 0.1) is 19.1 Å². The number of ether oxygens (including phenoxy) is 2.